The summed E-state index contributed by atoms with van der Waals surface area (Å²) in [6.45, 7) is 5.60. The van der Waals surface area contributed by atoms with Crippen LogP contribution in [0.3, 0.4) is 0 Å². The first-order valence-corrected chi connectivity index (χ1v) is 8.38. The SMILES string of the molecule is Cc1cc(C)n(C2CCN(C(=O)c3cc4sccc4[nH]3)C2)n1. The number of nitrogens with zero attached hydrogens (tertiary/aromatic N) is 3. The van der Waals surface area contributed by atoms with Crippen molar-refractivity contribution in [3.63, 3.8) is 0 Å². The average molecular weight is 314 g/mol. The van der Waals surface area contributed by atoms with Gasteiger partial charge < -0.3 is 9.88 Å². The first-order chi connectivity index (χ1) is 10.6. The maximum atomic E-state index is 12.7. The van der Waals surface area contributed by atoms with Gasteiger partial charge in [0.15, 0.2) is 0 Å². The Balaban J connectivity index is 1.53. The molecule has 0 bridgehead atoms. The molecule has 1 atom stereocenters. The predicted octanol–water partition coefficient (Wildman–Crippen LogP) is 3.13. The van der Waals surface area contributed by atoms with Crippen LogP contribution in [0.2, 0.25) is 0 Å². The molecule has 0 saturated carbocycles. The number of nitrogens with one attached hydrogen (secondary N) is 1. The molecular formula is C16H18N4OS. The molecule has 1 unspecified atom stereocenters. The van der Waals surface area contributed by atoms with E-state index in [0.717, 1.165) is 41.1 Å². The number of hydrogen-bond donors (Lipinski definition) is 1. The number of rotatable bonds is 2. The largest absolute Gasteiger partial charge is 0.350 e. The number of aromatic amines is 1. The highest BCUT2D eigenvalue weighted by Crippen LogP contribution is 2.26. The Kier molecular flexibility index (Phi) is 3.07. The van der Waals surface area contributed by atoms with E-state index in [2.05, 4.69) is 27.8 Å². The minimum atomic E-state index is 0.0902. The summed E-state index contributed by atoms with van der Waals surface area (Å²) in [5.41, 5.74) is 3.93. The smallest absolute Gasteiger partial charge is 0.270 e. The van der Waals surface area contributed by atoms with Crippen LogP contribution in [-0.2, 0) is 0 Å². The third kappa shape index (κ3) is 2.14. The van der Waals surface area contributed by atoms with Crippen LogP contribution >= 0.6 is 11.3 Å². The van der Waals surface area contributed by atoms with Gasteiger partial charge in [-0.3, -0.25) is 9.48 Å². The van der Waals surface area contributed by atoms with Crippen molar-refractivity contribution in [2.24, 2.45) is 0 Å². The Hall–Kier alpha value is -2.08. The molecule has 1 saturated heterocycles. The molecule has 6 heteroatoms. The standard InChI is InChI=1S/C16H18N4OS/c1-10-7-11(2)20(18-10)12-3-5-19(9-12)16(21)14-8-15-13(17-14)4-6-22-15/h4,6-8,12,17H,3,5,9H2,1-2H3. The van der Waals surface area contributed by atoms with Gasteiger partial charge in [-0.25, -0.2) is 0 Å². The van der Waals surface area contributed by atoms with E-state index >= 15 is 0 Å². The summed E-state index contributed by atoms with van der Waals surface area (Å²) < 4.78 is 3.20. The fourth-order valence-corrected chi connectivity index (χ4v) is 4.06. The van der Waals surface area contributed by atoms with Crippen LogP contribution in [0.1, 0.15) is 34.3 Å². The van der Waals surface area contributed by atoms with Crippen LogP contribution in [-0.4, -0.2) is 38.7 Å². The van der Waals surface area contributed by atoms with Gasteiger partial charge in [-0.15, -0.1) is 11.3 Å². The molecule has 3 aromatic heterocycles. The Morgan fingerprint density at radius 2 is 2.27 bits per heavy atom. The molecule has 0 spiro atoms. The fourth-order valence-electron chi connectivity index (χ4n) is 3.28. The van der Waals surface area contributed by atoms with E-state index in [1.165, 1.54) is 0 Å². The normalized spacial score (nSPS) is 18.5. The van der Waals surface area contributed by atoms with Crippen molar-refractivity contribution in [1.29, 1.82) is 0 Å². The Morgan fingerprint density at radius 1 is 1.41 bits per heavy atom. The van der Waals surface area contributed by atoms with E-state index in [-0.39, 0.29) is 11.9 Å². The molecule has 1 aliphatic rings. The molecule has 114 valence electrons. The Bertz CT molecular complexity index is 815. The second kappa shape index (κ2) is 4.98. The van der Waals surface area contributed by atoms with Gasteiger partial charge in [-0.05, 0) is 43.8 Å². The number of aromatic nitrogens is 3. The lowest BCUT2D eigenvalue weighted by Gasteiger charge is -2.16. The summed E-state index contributed by atoms with van der Waals surface area (Å²) in [5.74, 6) is 0.0902. The molecular weight excluding hydrogens is 296 g/mol. The highest BCUT2D eigenvalue weighted by atomic mass is 32.1. The van der Waals surface area contributed by atoms with Gasteiger partial charge in [0.2, 0.25) is 0 Å². The van der Waals surface area contributed by atoms with Crippen LogP contribution < -0.4 is 0 Å². The zero-order valence-corrected chi connectivity index (χ0v) is 13.5. The van der Waals surface area contributed by atoms with Crippen molar-refractivity contribution in [2.45, 2.75) is 26.3 Å². The van der Waals surface area contributed by atoms with Crippen LogP contribution in [0.25, 0.3) is 10.2 Å². The number of likely N-dealkylation sites (tertiary alicyclic amines) is 1. The molecule has 1 N–H and O–H groups in total. The Morgan fingerprint density at radius 3 is 3.00 bits per heavy atom. The average Bonchev–Trinajstić information content (AvgIpc) is 3.19. The lowest BCUT2D eigenvalue weighted by atomic mass is 10.2. The van der Waals surface area contributed by atoms with Gasteiger partial charge in [0, 0.05) is 18.8 Å². The van der Waals surface area contributed by atoms with Gasteiger partial charge >= 0.3 is 0 Å². The summed E-state index contributed by atoms with van der Waals surface area (Å²) in [7, 11) is 0. The van der Waals surface area contributed by atoms with E-state index in [0.29, 0.717) is 5.69 Å². The maximum Gasteiger partial charge on any atom is 0.270 e. The zero-order chi connectivity index (χ0) is 15.3. The van der Waals surface area contributed by atoms with Crippen molar-refractivity contribution >= 4 is 27.5 Å². The molecule has 22 heavy (non-hydrogen) atoms. The number of H-pyrrole nitrogens is 1. The van der Waals surface area contributed by atoms with Crippen LogP contribution in [0, 0.1) is 13.8 Å². The molecule has 0 aliphatic carbocycles. The summed E-state index contributed by atoms with van der Waals surface area (Å²) in [6, 6.07) is 6.34. The molecule has 1 amide bonds. The van der Waals surface area contributed by atoms with E-state index in [1.807, 2.05) is 29.3 Å². The van der Waals surface area contributed by atoms with Gasteiger partial charge in [-0.2, -0.15) is 5.10 Å². The van der Waals surface area contributed by atoms with Crippen LogP contribution in [0.5, 0.6) is 0 Å². The van der Waals surface area contributed by atoms with E-state index in [1.54, 1.807) is 11.3 Å². The van der Waals surface area contributed by atoms with Crippen molar-refractivity contribution in [3.8, 4) is 0 Å². The predicted molar refractivity (Wildman–Crippen MR) is 87.4 cm³/mol. The van der Waals surface area contributed by atoms with Crippen molar-refractivity contribution in [1.82, 2.24) is 19.7 Å². The van der Waals surface area contributed by atoms with E-state index < -0.39 is 0 Å². The number of amides is 1. The maximum absolute atomic E-state index is 12.7. The third-order valence-corrected chi connectivity index (χ3v) is 5.18. The minimum Gasteiger partial charge on any atom is -0.350 e. The first kappa shape index (κ1) is 13.6. The number of thiophene rings is 1. The lowest BCUT2D eigenvalue weighted by Crippen LogP contribution is -2.29. The highest BCUT2D eigenvalue weighted by molar-refractivity contribution is 7.17. The van der Waals surface area contributed by atoms with E-state index in [9.17, 15) is 4.79 Å². The fraction of sp³-hybridized carbons (Fsp3) is 0.375. The van der Waals surface area contributed by atoms with Crippen molar-refractivity contribution in [2.75, 3.05) is 13.1 Å². The summed E-state index contributed by atoms with van der Waals surface area (Å²) >= 11 is 1.65. The van der Waals surface area contributed by atoms with Gasteiger partial charge in [0.1, 0.15) is 5.69 Å². The first-order valence-electron chi connectivity index (χ1n) is 7.50. The third-order valence-electron chi connectivity index (χ3n) is 4.31. The monoisotopic (exact) mass is 314 g/mol. The molecule has 0 aromatic carbocycles. The van der Waals surface area contributed by atoms with E-state index in [4.69, 9.17) is 0 Å². The number of aryl methyl sites for hydroxylation is 2. The molecule has 5 nitrogen and oxygen atoms in total. The van der Waals surface area contributed by atoms with Gasteiger partial charge in [-0.1, -0.05) is 0 Å². The molecule has 1 fully saturated rings. The quantitative estimate of drug-likeness (QED) is 0.790. The Labute approximate surface area is 132 Å². The lowest BCUT2D eigenvalue weighted by molar-refractivity contribution is 0.0782. The summed E-state index contributed by atoms with van der Waals surface area (Å²) in [5, 5.41) is 6.59. The number of hydrogen-bond acceptors (Lipinski definition) is 3. The van der Waals surface area contributed by atoms with Crippen LogP contribution in [0.15, 0.2) is 23.6 Å². The molecule has 4 heterocycles. The number of fused-ring (bicyclic) bond motifs is 1. The summed E-state index contributed by atoms with van der Waals surface area (Å²) in [6.07, 6.45) is 0.961. The second-order valence-corrected chi connectivity index (χ2v) is 6.89. The highest BCUT2D eigenvalue weighted by Gasteiger charge is 2.30. The second-order valence-electron chi connectivity index (χ2n) is 5.95. The van der Waals surface area contributed by atoms with Crippen molar-refractivity contribution < 1.29 is 4.79 Å². The number of carbonyl (C=O) groups excluding carboxylic acids is 1. The molecule has 3 aromatic rings. The number of carbonyl (C=O) groups is 1. The molecule has 4 rings (SSSR count). The van der Waals surface area contributed by atoms with Crippen molar-refractivity contribution in [3.05, 3.63) is 40.7 Å². The molecule has 1 aliphatic heterocycles. The van der Waals surface area contributed by atoms with Gasteiger partial charge in [0.25, 0.3) is 5.91 Å². The zero-order valence-electron chi connectivity index (χ0n) is 12.7. The van der Waals surface area contributed by atoms with Crippen LogP contribution in [0.4, 0.5) is 0 Å². The minimum absolute atomic E-state index is 0.0902. The summed E-state index contributed by atoms with van der Waals surface area (Å²) in [4.78, 5) is 17.8. The van der Waals surface area contributed by atoms with Gasteiger partial charge in [0.05, 0.1) is 22.0 Å². The topological polar surface area (TPSA) is 53.9 Å². The molecule has 0 radical (unpaired) electrons.